The standard InChI is InChI=1S/C19H26N2O3/c1-13-5-4-6-14(2)21(13)20-12-15-7-10-17(18(11-15)23-3)24-19(22)16-8-9-16/h7,10-14,16H,4-6,8-9H2,1-3H3/b20-12-/t13-,14+. The predicted octanol–water partition coefficient (Wildman–Crippen LogP) is 3.61. The van der Waals surface area contributed by atoms with Crippen LogP contribution in [0, 0.1) is 5.92 Å². The van der Waals surface area contributed by atoms with Gasteiger partial charge in [0.05, 0.1) is 19.2 Å². The van der Waals surface area contributed by atoms with E-state index in [0.717, 1.165) is 18.4 Å². The van der Waals surface area contributed by atoms with Gasteiger partial charge in [-0.3, -0.25) is 9.80 Å². The fraction of sp³-hybridized carbons (Fsp3) is 0.579. The number of methoxy groups -OCH3 is 1. The van der Waals surface area contributed by atoms with Crippen LogP contribution in [0.5, 0.6) is 11.5 Å². The molecule has 2 atom stereocenters. The van der Waals surface area contributed by atoms with Crippen LogP contribution in [0.25, 0.3) is 0 Å². The van der Waals surface area contributed by atoms with Crippen LogP contribution in [-0.4, -0.2) is 36.4 Å². The second-order valence-corrected chi connectivity index (χ2v) is 6.86. The van der Waals surface area contributed by atoms with Gasteiger partial charge >= 0.3 is 5.97 Å². The summed E-state index contributed by atoms with van der Waals surface area (Å²) in [4.78, 5) is 11.8. The topological polar surface area (TPSA) is 51.1 Å². The fourth-order valence-corrected chi connectivity index (χ4v) is 3.13. The molecule has 0 unspecified atom stereocenters. The lowest BCUT2D eigenvalue weighted by atomic mass is 10.00. The van der Waals surface area contributed by atoms with Gasteiger partial charge in [-0.05, 0) is 69.7 Å². The number of ether oxygens (including phenoxy) is 2. The van der Waals surface area contributed by atoms with Gasteiger partial charge in [0.25, 0.3) is 0 Å². The van der Waals surface area contributed by atoms with E-state index in [-0.39, 0.29) is 11.9 Å². The highest BCUT2D eigenvalue weighted by atomic mass is 16.6. The first-order valence-electron chi connectivity index (χ1n) is 8.80. The monoisotopic (exact) mass is 330 g/mol. The average molecular weight is 330 g/mol. The second-order valence-electron chi connectivity index (χ2n) is 6.86. The first kappa shape index (κ1) is 16.8. The molecule has 130 valence electrons. The maximum Gasteiger partial charge on any atom is 0.314 e. The zero-order chi connectivity index (χ0) is 17.1. The Labute approximate surface area is 143 Å². The Morgan fingerprint density at radius 1 is 1.17 bits per heavy atom. The van der Waals surface area contributed by atoms with Crippen molar-refractivity contribution in [3.05, 3.63) is 23.8 Å². The van der Waals surface area contributed by atoms with Gasteiger partial charge in [0, 0.05) is 12.1 Å². The van der Waals surface area contributed by atoms with Crippen LogP contribution in [0.3, 0.4) is 0 Å². The summed E-state index contributed by atoms with van der Waals surface area (Å²) in [5.41, 5.74) is 0.933. The maximum atomic E-state index is 11.8. The second kappa shape index (κ2) is 7.24. The Bertz CT molecular complexity index is 615. The molecule has 2 fully saturated rings. The van der Waals surface area contributed by atoms with Crippen molar-refractivity contribution in [2.45, 2.75) is 58.0 Å². The molecule has 5 nitrogen and oxygen atoms in total. The Morgan fingerprint density at radius 3 is 2.50 bits per heavy atom. The van der Waals surface area contributed by atoms with E-state index in [4.69, 9.17) is 9.47 Å². The van der Waals surface area contributed by atoms with Crippen LogP contribution in [0.2, 0.25) is 0 Å². The highest BCUT2D eigenvalue weighted by Gasteiger charge is 2.32. The molecule has 1 aromatic carbocycles. The number of esters is 1. The predicted molar refractivity (Wildman–Crippen MR) is 93.6 cm³/mol. The lowest BCUT2D eigenvalue weighted by Gasteiger charge is -2.36. The first-order chi connectivity index (χ1) is 11.6. The number of carbonyl (C=O) groups is 1. The molecule has 0 N–H and O–H groups in total. The summed E-state index contributed by atoms with van der Waals surface area (Å²) in [7, 11) is 1.58. The van der Waals surface area contributed by atoms with Crippen molar-refractivity contribution >= 4 is 12.2 Å². The third-order valence-corrected chi connectivity index (χ3v) is 4.80. The van der Waals surface area contributed by atoms with Crippen LogP contribution in [0.1, 0.15) is 51.5 Å². The van der Waals surface area contributed by atoms with Gasteiger partial charge in [-0.25, -0.2) is 0 Å². The molecular weight excluding hydrogens is 304 g/mol. The fourth-order valence-electron chi connectivity index (χ4n) is 3.13. The molecule has 2 aliphatic rings. The molecule has 0 radical (unpaired) electrons. The zero-order valence-corrected chi connectivity index (χ0v) is 14.7. The van der Waals surface area contributed by atoms with Crippen LogP contribution in [0.15, 0.2) is 23.3 Å². The molecule has 0 bridgehead atoms. The highest BCUT2D eigenvalue weighted by Crippen LogP contribution is 2.34. The van der Waals surface area contributed by atoms with Gasteiger partial charge in [-0.1, -0.05) is 0 Å². The van der Waals surface area contributed by atoms with Crippen molar-refractivity contribution < 1.29 is 14.3 Å². The summed E-state index contributed by atoms with van der Waals surface area (Å²) in [5.74, 6) is 0.947. The van der Waals surface area contributed by atoms with Gasteiger partial charge in [0.2, 0.25) is 0 Å². The number of benzene rings is 1. The van der Waals surface area contributed by atoms with Gasteiger partial charge in [-0.2, -0.15) is 5.10 Å². The Kier molecular flexibility index (Phi) is 5.07. The molecule has 1 aliphatic carbocycles. The van der Waals surface area contributed by atoms with E-state index in [1.165, 1.54) is 19.3 Å². The number of nitrogens with zero attached hydrogens (tertiary/aromatic N) is 2. The lowest BCUT2D eigenvalue weighted by molar-refractivity contribution is -0.135. The Morgan fingerprint density at radius 2 is 1.88 bits per heavy atom. The number of rotatable bonds is 5. The molecule has 0 amide bonds. The minimum atomic E-state index is -0.161. The SMILES string of the molecule is COc1cc(/C=N\N2[C@H](C)CCC[C@@H]2C)ccc1OC(=O)C1CC1. The van der Waals surface area contributed by atoms with E-state index in [1.807, 2.05) is 18.3 Å². The van der Waals surface area contributed by atoms with Gasteiger partial charge < -0.3 is 9.47 Å². The number of hydrogen-bond acceptors (Lipinski definition) is 5. The van der Waals surface area contributed by atoms with Crippen LogP contribution >= 0.6 is 0 Å². The molecular formula is C19H26N2O3. The van der Waals surface area contributed by atoms with Crippen LogP contribution in [-0.2, 0) is 4.79 Å². The number of hydrogen-bond donors (Lipinski definition) is 0. The summed E-state index contributed by atoms with van der Waals surface area (Å²) in [6, 6.07) is 6.47. The lowest BCUT2D eigenvalue weighted by Crippen LogP contribution is -2.39. The summed E-state index contributed by atoms with van der Waals surface area (Å²) in [6.45, 7) is 4.43. The van der Waals surface area contributed by atoms with E-state index >= 15 is 0 Å². The molecule has 5 heteroatoms. The molecule has 24 heavy (non-hydrogen) atoms. The van der Waals surface area contributed by atoms with Crippen molar-refractivity contribution in [1.82, 2.24) is 5.01 Å². The quantitative estimate of drug-likeness (QED) is 0.470. The molecule has 3 rings (SSSR count). The van der Waals surface area contributed by atoms with Crippen LogP contribution < -0.4 is 9.47 Å². The van der Waals surface area contributed by atoms with Gasteiger partial charge in [-0.15, -0.1) is 0 Å². The van der Waals surface area contributed by atoms with Crippen molar-refractivity contribution in [3.63, 3.8) is 0 Å². The van der Waals surface area contributed by atoms with Crippen molar-refractivity contribution in [2.75, 3.05) is 7.11 Å². The van der Waals surface area contributed by atoms with Crippen LogP contribution in [0.4, 0.5) is 0 Å². The molecule has 0 spiro atoms. The smallest absolute Gasteiger partial charge is 0.314 e. The molecule has 1 aliphatic heterocycles. The normalized spacial score (nSPS) is 24.2. The van der Waals surface area contributed by atoms with Crippen molar-refractivity contribution in [3.8, 4) is 11.5 Å². The first-order valence-corrected chi connectivity index (χ1v) is 8.80. The Hall–Kier alpha value is -2.04. The molecule has 1 heterocycles. The summed E-state index contributed by atoms with van der Waals surface area (Å²) >= 11 is 0. The number of hydrazone groups is 1. The van der Waals surface area contributed by atoms with Gasteiger partial charge in [0.1, 0.15) is 0 Å². The summed E-state index contributed by atoms with van der Waals surface area (Å²) < 4.78 is 10.8. The Balaban J connectivity index is 1.71. The highest BCUT2D eigenvalue weighted by molar-refractivity contribution is 5.82. The molecule has 1 saturated heterocycles. The maximum absolute atomic E-state index is 11.8. The summed E-state index contributed by atoms with van der Waals surface area (Å²) in [6.07, 6.45) is 7.34. The van der Waals surface area contributed by atoms with E-state index in [2.05, 4.69) is 24.0 Å². The molecule has 1 saturated carbocycles. The minimum Gasteiger partial charge on any atom is -0.493 e. The number of carbonyl (C=O) groups excluding carboxylic acids is 1. The van der Waals surface area contributed by atoms with Gasteiger partial charge in [0.15, 0.2) is 11.5 Å². The molecule has 0 aromatic heterocycles. The van der Waals surface area contributed by atoms with E-state index in [1.54, 1.807) is 13.2 Å². The van der Waals surface area contributed by atoms with Crippen molar-refractivity contribution in [1.29, 1.82) is 0 Å². The number of piperidine rings is 1. The van der Waals surface area contributed by atoms with Crippen molar-refractivity contribution in [2.24, 2.45) is 11.0 Å². The van der Waals surface area contributed by atoms with E-state index < -0.39 is 0 Å². The molecule has 1 aromatic rings. The minimum absolute atomic E-state index is 0.0676. The van der Waals surface area contributed by atoms with E-state index in [9.17, 15) is 4.79 Å². The summed E-state index contributed by atoms with van der Waals surface area (Å²) in [5, 5.41) is 6.84. The zero-order valence-electron chi connectivity index (χ0n) is 14.7. The largest absolute Gasteiger partial charge is 0.493 e. The third-order valence-electron chi connectivity index (χ3n) is 4.80. The average Bonchev–Trinajstić information content (AvgIpc) is 3.40. The van der Waals surface area contributed by atoms with E-state index in [0.29, 0.717) is 23.6 Å². The third kappa shape index (κ3) is 3.89.